The Bertz CT molecular complexity index is 692. The SMILES string of the molecule is O=C(Nc1cccn2cnnc12)c1ccccn1. The van der Waals surface area contributed by atoms with Gasteiger partial charge in [-0.2, -0.15) is 0 Å². The minimum Gasteiger partial charge on any atom is -0.317 e. The van der Waals surface area contributed by atoms with Gasteiger partial charge in [0.2, 0.25) is 0 Å². The monoisotopic (exact) mass is 239 g/mol. The van der Waals surface area contributed by atoms with E-state index in [0.717, 1.165) is 0 Å². The van der Waals surface area contributed by atoms with Crippen LogP contribution in [0.5, 0.6) is 0 Å². The van der Waals surface area contributed by atoms with Gasteiger partial charge in [-0.25, -0.2) is 0 Å². The zero-order valence-corrected chi connectivity index (χ0v) is 9.32. The number of carbonyl (C=O) groups excluding carboxylic acids is 1. The lowest BCUT2D eigenvalue weighted by Crippen LogP contribution is -2.14. The zero-order chi connectivity index (χ0) is 12.4. The van der Waals surface area contributed by atoms with Crippen molar-refractivity contribution in [3.8, 4) is 0 Å². The molecule has 1 amide bonds. The summed E-state index contributed by atoms with van der Waals surface area (Å²) in [5.74, 6) is -0.272. The van der Waals surface area contributed by atoms with Crippen molar-refractivity contribution in [3.63, 3.8) is 0 Å². The molecule has 3 heterocycles. The molecular formula is C12H9N5O. The molecule has 0 fully saturated rings. The fourth-order valence-electron chi connectivity index (χ4n) is 1.63. The molecule has 0 radical (unpaired) electrons. The summed E-state index contributed by atoms with van der Waals surface area (Å²) in [6, 6.07) is 8.75. The summed E-state index contributed by atoms with van der Waals surface area (Å²) in [6.45, 7) is 0. The van der Waals surface area contributed by atoms with Crippen molar-refractivity contribution >= 4 is 17.2 Å². The Morgan fingerprint density at radius 1 is 1.22 bits per heavy atom. The normalized spacial score (nSPS) is 10.4. The lowest BCUT2D eigenvalue weighted by atomic mass is 10.3. The van der Waals surface area contributed by atoms with Crippen LogP contribution in [0.25, 0.3) is 5.65 Å². The van der Waals surface area contributed by atoms with Crippen LogP contribution in [0, 0.1) is 0 Å². The summed E-state index contributed by atoms with van der Waals surface area (Å²) in [6.07, 6.45) is 4.96. The molecule has 0 aliphatic carbocycles. The Morgan fingerprint density at radius 3 is 3.00 bits per heavy atom. The summed E-state index contributed by atoms with van der Waals surface area (Å²) in [4.78, 5) is 15.9. The van der Waals surface area contributed by atoms with Crippen molar-refractivity contribution in [2.75, 3.05) is 5.32 Å². The highest BCUT2D eigenvalue weighted by molar-refractivity contribution is 6.04. The Balaban J connectivity index is 1.93. The lowest BCUT2D eigenvalue weighted by Gasteiger charge is -2.05. The summed E-state index contributed by atoms with van der Waals surface area (Å²) in [5.41, 5.74) is 1.56. The molecule has 0 bridgehead atoms. The largest absolute Gasteiger partial charge is 0.317 e. The van der Waals surface area contributed by atoms with Gasteiger partial charge in [-0.3, -0.25) is 14.2 Å². The van der Waals surface area contributed by atoms with Gasteiger partial charge in [0, 0.05) is 12.4 Å². The fraction of sp³-hybridized carbons (Fsp3) is 0. The van der Waals surface area contributed by atoms with Crippen molar-refractivity contribution in [3.05, 3.63) is 54.7 Å². The molecule has 3 rings (SSSR count). The van der Waals surface area contributed by atoms with Gasteiger partial charge in [0.25, 0.3) is 5.91 Å². The number of pyridine rings is 2. The van der Waals surface area contributed by atoms with Gasteiger partial charge < -0.3 is 5.32 Å². The van der Waals surface area contributed by atoms with E-state index < -0.39 is 0 Å². The number of aromatic nitrogens is 4. The van der Waals surface area contributed by atoms with Crippen molar-refractivity contribution in [1.82, 2.24) is 19.6 Å². The maximum absolute atomic E-state index is 11.9. The van der Waals surface area contributed by atoms with Gasteiger partial charge in [0.05, 0.1) is 5.69 Å². The molecule has 0 aliphatic heterocycles. The summed E-state index contributed by atoms with van der Waals surface area (Å²) in [5, 5.41) is 10.5. The van der Waals surface area contributed by atoms with Gasteiger partial charge in [0.1, 0.15) is 12.0 Å². The molecule has 88 valence electrons. The van der Waals surface area contributed by atoms with Gasteiger partial charge >= 0.3 is 0 Å². The van der Waals surface area contributed by atoms with E-state index in [9.17, 15) is 4.79 Å². The zero-order valence-electron chi connectivity index (χ0n) is 9.32. The second-order valence-electron chi connectivity index (χ2n) is 3.65. The van der Waals surface area contributed by atoms with Crippen molar-refractivity contribution in [2.45, 2.75) is 0 Å². The van der Waals surface area contributed by atoms with Gasteiger partial charge in [-0.1, -0.05) is 6.07 Å². The number of rotatable bonds is 2. The highest BCUT2D eigenvalue weighted by atomic mass is 16.1. The highest BCUT2D eigenvalue weighted by Crippen LogP contribution is 2.14. The first kappa shape index (κ1) is 10.4. The van der Waals surface area contributed by atoms with Gasteiger partial charge in [0.15, 0.2) is 5.65 Å². The number of hydrogen-bond acceptors (Lipinski definition) is 4. The van der Waals surface area contributed by atoms with Crippen LogP contribution < -0.4 is 5.32 Å². The Morgan fingerprint density at radius 2 is 2.17 bits per heavy atom. The molecule has 0 unspecified atom stereocenters. The van der Waals surface area contributed by atoms with E-state index in [-0.39, 0.29) is 5.91 Å². The van der Waals surface area contributed by atoms with E-state index in [1.807, 2.05) is 12.3 Å². The fourth-order valence-corrected chi connectivity index (χ4v) is 1.63. The number of nitrogens with one attached hydrogen (secondary N) is 1. The van der Waals surface area contributed by atoms with E-state index in [4.69, 9.17) is 0 Å². The molecule has 6 nitrogen and oxygen atoms in total. The minimum absolute atomic E-state index is 0.272. The number of fused-ring (bicyclic) bond motifs is 1. The first-order chi connectivity index (χ1) is 8.84. The van der Waals surface area contributed by atoms with Crippen LogP contribution in [-0.4, -0.2) is 25.5 Å². The van der Waals surface area contributed by atoms with E-state index in [1.165, 1.54) is 0 Å². The molecule has 0 saturated carbocycles. The predicted octanol–water partition coefficient (Wildman–Crippen LogP) is 1.38. The lowest BCUT2D eigenvalue weighted by molar-refractivity contribution is 0.102. The second kappa shape index (κ2) is 4.25. The van der Waals surface area contributed by atoms with Crippen molar-refractivity contribution in [2.24, 2.45) is 0 Å². The van der Waals surface area contributed by atoms with Crippen LogP contribution in [0.3, 0.4) is 0 Å². The molecule has 1 N–H and O–H groups in total. The summed E-state index contributed by atoms with van der Waals surface area (Å²) >= 11 is 0. The topological polar surface area (TPSA) is 72.2 Å². The van der Waals surface area contributed by atoms with Gasteiger partial charge in [-0.15, -0.1) is 10.2 Å². The van der Waals surface area contributed by atoms with Crippen molar-refractivity contribution < 1.29 is 4.79 Å². The molecule has 0 aliphatic rings. The number of nitrogens with zero attached hydrogens (tertiary/aromatic N) is 4. The molecule has 3 aromatic rings. The number of amides is 1. The Labute approximate surface area is 102 Å². The number of hydrogen-bond donors (Lipinski definition) is 1. The Kier molecular flexibility index (Phi) is 2.45. The van der Waals surface area contributed by atoms with E-state index in [1.54, 1.807) is 41.2 Å². The highest BCUT2D eigenvalue weighted by Gasteiger charge is 2.09. The van der Waals surface area contributed by atoms with Crippen LogP contribution in [0.2, 0.25) is 0 Å². The maximum atomic E-state index is 11.9. The van der Waals surface area contributed by atoms with Crippen LogP contribution in [-0.2, 0) is 0 Å². The maximum Gasteiger partial charge on any atom is 0.274 e. The summed E-state index contributed by atoms with van der Waals surface area (Å²) in [7, 11) is 0. The van der Waals surface area contributed by atoms with E-state index in [2.05, 4.69) is 20.5 Å². The third-order valence-corrected chi connectivity index (χ3v) is 2.47. The first-order valence-corrected chi connectivity index (χ1v) is 5.35. The van der Waals surface area contributed by atoms with Crippen LogP contribution in [0.4, 0.5) is 5.69 Å². The predicted molar refractivity (Wildman–Crippen MR) is 65.2 cm³/mol. The molecule has 18 heavy (non-hydrogen) atoms. The van der Waals surface area contributed by atoms with Crippen LogP contribution in [0.15, 0.2) is 49.1 Å². The minimum atomic E-state index is -0.272. The first-order valence-electron chi connectivity index (χ1n) is 5.35. The van der Waals surface area contributed by atoms with E-state index in [0.29, 0.717) is 17.0 Å². The van der Waals surface area contributed by atoms with Crippen LogP contribution in [0.1, 0.15) is 10.5 Å². The molecular weight excluding hydrogens is 230 g/mol. The second-order valence-corrected chi connectivity index (χ2v) is 3.65. The average Bonchev–Trinajstić information content (AvgIpc) is 2.89. The molecule has 0 atom stereocenters. The van der Waals surface area contributed by atoms with Gasteiger partial charge in [-0.05, 0) is 24.3 Å². The average molecular weight is 239 g/mol. The molecule has 6 heteroatoms. The van der Waals surface area contributed by atoms with Crippen molar-refractivity contribution in [1.29, 1.82) is 0 Å². The molecule has 0 saturated heterocycles. The summed E-state index contributed by atoms with van der Waals surface area (Å²) < 4.78 is 1.73. The molecule has 0 aromatic carbocycles. The Hall–Kier alpha value is -2.76. The van der Waals surface area contributed by atoms with E-state index >= 15 is 0 Å². The number of anilines is 1. The third kappa shape index (κ3) is 1.80. The van der Waals surface area contributed by atoms with Crippen LogP contribution >= 0.6 is 0 Å². The smallest absolute Gasteiger partial charge is 0.274 e. The number of carbonyl (C=O) groups is 1. The third-order valence-electron chi connectivity index (χ3n) is 2.47. The molecule has 0 spiro atoms. The molecule has 3 aromatic heterocycles. The standard InChI is InChI=1S/C12H9N5O/c18-12(10-4-1-2-6-13-10)15-9-5-3-7-17-8-14-16-11(9)17/h1-8H,(H,15,18). The quantitative estimate of drug-likeness (QED) is 0.733.